The Kier molecular flexibility index (Phi) is 5.79. The lowest BCUT2D eigenvalue weighted by molar-refractivity contribution is -0.384. The molecule has 0 atom stereocenters. The van der Waals surface area contributed by atoms with Gasteiger partial charge in [0.1, 0.15) is 5.75 Å². The highest BCUT2D eigenvalue weighted by Crippen LogP contribution is 2.29. The average Bonchev–Trinajstić information content (AvgIpc) is 2.53. The summed E-state index contributed by atoms with van der Waals surface area (Å²) in [5, 5.41) is 16.0. The summed E-state index contributed by atoms with van der Waals surface area (Å²) in [6.45, 7) is 0. The van der Waals surface area contributed by atoms with E-state index in [1.807, 2.05) is 0 Å². The number of nitrogens with one attached hydrogen (secondary N) is 2. The minimum atomic E-state index is -0.997. The van der Waals surface area contributed by atoms with Gasteiger partial charge in [0.2, 0.25) is 0 Å². The second-order valence-electron chi connectivity index (χ2n) is 4.71. The Balaban J connectivity index is 2.13. The molecule has 0 fully saturated rings. The van der Waals surface area contributed by atoms with E-state index < -0.39 is 16.7 Å². The minimum absolute atomic E-state index is 0.0427. The molecule has 0 aliphatic rings. The number of carbonyl (C=O) groups is 2. The highest BCUT2D eigenvalue weighted by Gasteiger charge is 2.18. The number of hydrogen-bond acceptors (Lipinski definition) is 5. The van der Waals surface area contributed by atoms with E-state index in [1.54, 1.807) is 0 Å². The summed E-state index contributed by atoms with van der Waals surface area (Å²) < 4.78 is 4.98. The predicted molar refractivity (Wildman–Crippen MR) is 93.4 cm³/mol. The number of methoxy groups -OCH3 is 1. The number of ether oxygens (including phenoxy) is 1. The topological polar surface area (TPSA) is 111 Å². The molecule has 25 heavy (non-hydrogen) atoms. The van der Waals surface area contributed by atoms with Crippen molar-refractivity contribution in [2.24, 2.45) is 0 Å². The number of halogens is 2. The van der Waals surface area contributed by atoms with E-state index in [-0.39, 0.29) is 22.8 Å². The van der Waals surface area contributed by atoms with Crippen LogP contribution < -0.4 is 15.4 Å². The second-order valence-corrected chi connectivity index (χ2v) is 5.58. The van der Waals surface area contributed by atoms with Gasteiger partial charge in [0, 0.05) is 21.8 Å². The van der Waals surface area contributed by atoms with E-state index in [2.05, 4.69) is 10.6 Å². The van der Waals surface area contributed by atoms with Gasteiger partial charge in [-0.1, -0.05) is 23.2 Å². The summed E-state index contributed by atoms with van der Waals surface area (Å²) in [6.07, 6.45) is 0. The monoisotopic (exact) mass is 383 g/mol. The molecule has 0 spiro atoms. The Morgan fingerprint density at radius 1 is 1.04 bits per heavy atom. The number of amides is 2. The molecule has 0 saturated heterocycles. The van der Waals surface area contributed by atoms with Crippen LogP contribution in [0.15, 0.2) is 36.4 Å². The van der Waals surface area contributed by atoms with Crippen LogP contribution in [0.4, 0.5) is 17.1 Å². The lowest BCUT2D eigenvalue weighted by Crippen LogP contribution is -2.29. The third-order valence-corrected chi connectivity index (χ3v) is 3.41. The molecule has 0 aliphatic heterocycles. The first-order valence-corrected chi connectivity index (χ1v) is 7.46. The number of carbonyl (C=O) groups excluding carboxylic acids is 2. The number of rotatable bonds is 4. The maximum Gasteiger partial charge on any atom is 0.314 e. The van der Waals surface area contributed by atoms with Gasteiger partial charge in [-0.15, -0.1) is 0 Å². The molecular formula is C15H11Cl2N3O5. The van der Waals surface area contributed by atoms with Crippen LogP contribution in [0.2, 0.25) is 10.0 Å². The molecule has 0 heterocycles. The molecule has 0 aromatic heterocycles. The summed E-state index contributed by atoms with van der Waals surface area (Å²) in [5.41, 5.74) is 0.138. The first kappa shape index (κ1) is 18.5. The van der Waals surface area contributed by atoms with Crippen LogP contribution in [0.1, 0.15) is 0 Å². The van der Waals surface area contributed by atoms with E-state index >= 15 is 0 Å². The summed E-state index contributed by atoms with van der Waals surface area (Å²) >= 11 is 11.6. The van der Waals surface area contributed by atoms with Gasteiger partial charge >= 0.3 is 11.8 Å². The lowest BCUT2D eigenvalue weighted by atomic mass is 10.2. The molecule has 10 heteroatoms. The Morgan fingerprint density at radius 3 is 2.20 bits per heavy atom. The zero-order valence-corrected chi connectivity index (χ0v) is 14.2. The molecule has 2 aromatic carbocycles. The van der Waals surface area contributed by atoms with Crippen LogP contribution in [-0.2, 0) is 9.59 Å². The van der Waals surface area contributed by atoms with Gasteiger partial charge in [-0.05, 0) is 24.3 Å². The molecule has 8 nitrogen and oxygen atoms in total. The van der Waals surface area contributed by atoms with Crippen molar-refractivity contribution in [3.8, 4) is 5.75 Å². The van der Waals surface area contributed by atoms with Crippen molar-refractivity contribution < 1.29 is 19.2 Å². The van der Waals surface area contributed by atoms with Gasteiger partial charge in [-0.3, -0.25) is 19.7 Å². The van der Waals surface area contributed by atoms with Gasteiger partial charge < -0.3 is 15.4 Å². The molecule has 0 unspecified atom stereocenters. The second kappa shape index (κ2) is 7.82. The third kappa shape index (κ3) is 4.82. The molecule has 0 saturated carbocycles. The maximum absolute atomic E-state index is 12.0. The zero-order chi connectivity index (χ0) is 18.6. The quantitative estimate of drug-likeness (QED) is 0.476. The Hall–Kier alpha value is -2.84. The van der Waals surface area contributed by atoms with Gasteiger partial charge in [-0.2, -0.15) is 0 Å². The molecule has 2 rings (SSSR count). The van der Waals surface area contributed by atoms with E-state index in [9.17, 15) is 19.7 Å². The van der Waals surface area contributed by atoms with E-state index in [1.165, 1.54) is 37.4 Å². The molecule has 130 valence electrons. The van der Waals surface area contributed by atoms with Crippen molar-refractivity contribution in [3.05, 3.63) is 56.6 Å². The highest BCUT2D eigenvalue weighted by atomic mass is 35.5. The maximum atomic E-state index is 12.0. The molecule has 0 aliphatic carbocycles. The van der Waals surface area contributed by atoms with E-state index in [4.69, 9.17) is 27.9 Å². The number of anilines is 2. The Bertz CT molecular complexity index is 837. The van der Waals surface area contributed by atoms with Crippen LogP contribution in [0.5, 0.6) is 5.75 Å². The normalized spacial score (nSPS) is 10.0. The van der Waals surface area contributed by atoms with Gasteiger partial charge in [0.25, 0.3) is 5.69 Å². The van der Waals surface area contributed by atoms with Crippen molar-refractivity contribution in [2.75, 3.05) is 17.7 Å². The molecular weight excluding hydrogens is 373 g/mol. The molecule has 0 radical (unpaired) electrons. The van der Waals surface area contributed by atoms with Crippen LogP contribution in [0.25, 0.3) is 0 Å². The van der Waals surface area contributed by atoms with Crippen LogP contribution >= 0.6 is 23.2 Å². The van der Waals surface area contributed by atoms with Crippen molar-refractivity contribution in [1.29, 1.82) is 0 Å². The third-order valence-electron chi connectivity index (χ3n) is 2.97. The van der Waals surface area contributed by atoms with E-state index in [0.29, 0.717) is 10.0 Å². The van der Waals surface area contributed by atoms with Crippen molar-refractivity contribution in [1.82, 2.24) is 0 Å². The first-order valence-electron chi connectivity index (χ1n) is 6.71. The van der Waals surface area contributed by atoms with Gasteiger partial charge in [0.15, 0.2) is 0 Å². The number of hydrogen-bond donors (Lipinski definition) is 2. The van der Waals surface area contributed by atoms with Crippen molar-refractivity contribution in [2.45, 2.75) is 0 Å². The first-order chi connectivity index (χ1) is 11.8. The van der Waals surface area contributed by atoms with Gasteiger partial charge in [-0.25, -0.2) is 0 Å². The minimum Gasteiger partial charge on any atom is -0.494 e. The van der Waals surface area contributed by atoms with Crippen LogP contribution in [0.3, 0.4) is 0 Å². The van der Waals surface area contributed by atoms with Crippen molar-refractivity contribution >= 4 is 52.1 Å². The Morgan fingerprint density at radius 2 is 1.64 bits per heavy atom. The smallest absolute Gasteiger partial charge is 0.314 e. The molecule has 2 aromatic rings. The lowest BCUT2D eigenvalue weighted by Gasteiger charge is -2.10. The summed E-state index contributed by atoms with van der Waals surface area (Å²) in [4.78, 5) is 34.1. The van der Waals surface area contributed by atoms with Gasteiger partial charge in [0.05, 0.1) is 23.8 Å². The van der Waals surface area contributed by atoms with Crippen molar-refractivity contribution in [3.63, 3.8) is 0 Å². The molecule has 0 bridgehead atoms. The van der Waals surface area contributed by atoms with Crippen LogP contribution in [-0.4, -0.2) is 23.8 Å². The van der Waals surface area contributed by atoms with Crippen LogP contribution in [0, 0.1) is 10.1 Å². The summed E-state index contributed by atoms with van der Waals surface area (Å²) in [6, 6.07) is 7.88. The Labute approximate surface area is 151 Å². The highest BCUT2D eigenvalue weighted by molar-refractivity contribution is 6.44. The van der Waals surface area contributed by atoms with E-state index in [0.717, 1.165) is 6.07 Å². The SMILES string of the molecule is COc1cc([N+](=O)[O-])ccc1NC(=O)C(=O)Nc1cc(Cl)cc(Cl)c1. The zero-order valence-electron chi connectivity index (χ0n) is 12.7. The predicted octanol–water partition coefficient (Wildman–Crippen LogP) is 3.49. The number of nitro benzene ring substituents is 1. The summed E-state index contributed by atoms with van der Waals surface area (Å²) in [7, 11) is 1.28. The number of benzene rings is 2. The fourth-order valence-corrected chi connectivity index (χ4v) is 2.42. The summed E-state index contributed by atoms with van der Waals surface area (Å²) in [5.74, 6) is -1.93. The fourth-order valence-electron chi connectivity index (χ4n) is 1.89. The average molecular weight is 384 g/mol. The fraction of sp³-hybridized carbons (Fsp3) is 0.0667. The largest absolute Gasteiger partial charge is 0.494 e. The standard InChI is InChI=1S/C15H11Cl2N3O5/c1-25-13-7-11(20(23)24)2-3-12(13)19-15(22)14(21)18-10-5-8(16)4-9(17)6-10/h2-7H,1H3,(H,18,21)(H,19,22). The molecule has 2 N–H and O–H groups in total. The molecule has 2 amide bonds. The number of non-ortho nitro benzene ring substituents is 1. The number of nitro groups is 1. The number of nitrogens with zero attached hydrogens (tertiary/aromatic N) is 1.